The Bertz CT molecular complexity index is 1230. The van der Waals surface area contributed by atoms with Crippen molar-refractivity contribution < 1.29 is 13.9 Å². The monoisotopic (exact) mass is 562 g/mol. The lowest BCUT2D eigenvalue weighted by Gasteiger charge is -2.24. The van der Waals surface area contributed by atoms with Crippen LogP contribution in [0, 0.1) is 11.3 Å². The van der Waals surface area contributed by atoms with Crippen molar-refractivity contribution in [2.45, 2.75) is 77.4 Å². The number of fused-ring (bicyclic) bond motifs is 1. The Morgan fingerprint density at radius 1 is 1.39 bits per heavy atom. The molecule has 2 aromatic rings. The molecule has 2 aliphatic rings. The zero-order valence-corrected chi connectivity index (χ0v) is 24.0. The Morgan fingerprint density at radius 2 is 2.13 bits per heavy atom. The van der Waals surface area contributed by atoms with E-state index in [2.05, 4.69) is 16.0 Å². The van der Waals surface area contributed by atoms with Crippen LogP contribution in [0.15, 0.2) is 11.6 Å². The number of carbonyl (C=O) groups excluding carboxylic acids is 1. The van der Waals surface area contributed by atoms with Crippen molar-refractivity contribution >= 4 is 39.4 Å². The van der Waals surface area contributed by atoms with E-state index in [-0.39, 0.29) is 41.0 Å². The number of allylic oxidation sites excluding steroid dienone is 1. The van der Waals surface area contributed by atoms with Gasteiger partial charge in [-0.15, -0.1) is 11.3 Å². The number of alkyl halides is 1. The third-order valence-electron chi connectivity index (χ3n) is 6.82. The first kappa shape index (κ1) is 29.8. The molecule has 2 aromatic heterocycles. The second-order valence-corrected chi connectivity index (χ2v) is 10.9. The van der Waals surface area contributed by atoms with Gasteiger partial charge >= 0.3 is 0 Å². The molecule has 8 nitrogen and oxygen atoms in total. The lowest BCUT2D eigenvalue weighted by molar-refractivity contribution is -0.117. The largest absolute Gasteiger partial charge is 0.476 e. The van der Waals surface area contributed by atoms with Crippen LogP contribution in [0.1, 0.15) is 80.6 Å². The number of ether oxygens (including phenoxy) is 1. The number of anilines is 1. The second-order valence-electron chi connectivity index (χ2n) is 9.33. The number of hydrogen-bond acceptors (Lipinski definition) is 9. The highest BCUT2D eigenvalue weighted by Gasteiger charge is 2.35. The number of ketones is 1. The second kappa shape index (κ2) is 13.4. The van der Waals surface area contributed by atoms with Gasteiger partial charge in [0.15, 0.2) is 11.6 Å². The third kappa shape index (κ3) is 6.45. The van der Waals surface area contributed by atoms with Crippen LogP contribution in [0.4, 0.5) is 9.39 Å². The van der Waals surface area contributed by atoms with Gasteiger partial charge in [-0.25, -0.2) is 9.37 Å². The number of likely N-dealkylation sites (N-methyl/N-ethyl adjacent to an activating group) is 1. The maximum atomic E-state index is 13.8. The molecule has 1 fully saturated rings. The molecule has 0 saturated carbocycles. The molecule has 3 atom stereocenters. The number of nitrogens with zero attached hydrogens (tertiary/aromatic N) is 4. The fraction of sp³-hybridized carbons (Fsp3) is 0.556. The summed E-state index contributed by atoms with van der Waals surface area (Å²) in [7, 11) is 1.85. The van der Waals surface area contributed by atoms with Gasteiger partial charge in [0.2, 0.25) is 5.88 Å². The van der Waals surface area contributed by atoms with Crippen LogP contribution in [0.2, 0.25) is 5.15 Å². The Hall–Kier alpha value is -2.74. The van der Waals surface area contributed by atoms with Gasteiger partial charge in [-0.05, 0) is 44.7 Å². The van der Waals surface area contributed by atoms with E-state index in [0.29, 0.717) is 48.4 Å². The average Bonchev–Trinajstić information content (AvgIpc) is 3.41. The highest BCUT2D eigenvalue weighted by Crippen LogP contribution is 2.44. The molecule has 0 bridgehead atoms. The molecule has 3 heterocycles. The first-order valence-corrected chi connectivity index (χ1v) is 14.3. The molecule has 1 aliphatic heterocycles. The summed E-state index contributed by atoms with van der Waals surface area (Å²) in [5.41, 5.74) is 14.3. The Kier molecular flexibility index (Phi) is 10.5. The number of nitrogen functional groups attached to an aromatic ring is 1. The van der Waals surface area contributed by atoms with Crippen molar-refractivity contribution in [2.24, 2.45) is 5.73 Å². The molecule has 4 rings (SSSR count). The number of hydrogen-bond donors (Lipinski definition) is 2. The summed E-state index contributed by atoms with van der Waals surface area (Å²) in [5, 5.41) is 10.2. The molecule has 38 heavy (non-hydrogen) atoms. The fourth-order valence-corrected chi connectivity index (χ4v) is 6.32. The first-order valence-electron chi connectivity index (χ1n) is 13.1. The van der Waals surface area contributed by atoms with Crippen LogP contribution in [0.5, 0.6) is 5.88 Å². The van der Waals surface area contributed by atoms with Gasteiger partial charge in [-0.3, -0.25) is 9.69 Å². The van der Waals surface area contributed by atoms with E-state index in [1.807, 2.05) is 32.7 Å². The minimum Gasteiger partial charge on any atom is -0.476 e. The summed E-state index contributed by atoms with van der Waals surface area (Å²) in [5.74, 6) is -0.307. The maximum Gasteiger partial charge on any atom is 0.218 e. The van der Waals surface area contributed by atoms with Crippen LogP contribution < -0.4 is 16.2 Å². The van der Waals surface area contributed by atoms with Crippen molar-refractivity contribution in [3.63, 3.8) is 0 Å². The molecule has 0 radical (unpaired) electrons. The summed E-state index contributed by atoms with van der Waals surface area (Å²) in [6.07, 6.45) is 2.86. The Morgan fingerprint density at radius 3 is 2.76 bits per heavy atom. The lowest BCUT2D eigenvalue weighted by Crippen LogP contribution is -2.30. The number of Topliss-reactive ketones (excluding diaryl/α,β-unsaturated/α-hetero) is 1. The van der Waals surface area contributed by atoms with Gasteiger partial charge in [0, 0.05) is 35.0 Å². The minimum atomic E-state index is -0.880. The van der Waals surface area contributed by atoms with Gasteiger partial charge < -0.3 is 16.2 Å². The van der Waals surface area contributed by atoms with Gasteiger partial charge in [0.25, 0.3) is 0 Å². The highest BCUT2D eigenvalue weighted by molar-refractivity contribution is 7.16. The molecule has 1 aliphatic carbocycles. The number of rotatable bonds is 8. The van der Waals surface area contributed by atoms with Crippen LogP contribution in [0.3, 0.4) is 0 Å². The molecule has 0 aromatic carbocycles. The van der Waals surface area contributed by atoms with Crippen molar-refractivity contribution in [3.05, 3.63) is 38.6 Å². The molecule has 1 saturated heterocycles. The topological polar surface area (TPSA) is 131 Å². The van der Waals surface area contributed by atoms with Crippen molar-refractivity contribution in [1.29, 1.82) is 5.26 Å². The van der Waals surface area contributed by atoms with Crippen molar-refractivity contribution in [3.8, 4) is 11.9 Å². The normalized spacial score (nSPS) is 21.6. The fourth-order valence-electron chi connectivity index (χ4n) is 5.02. The molecular formula is C27H36ClFN6O2S. The van der Waals surface area contributed by atoms with E-state index >= 15 is 0 Å². The van der Waals surface area contributed by atoms with Gasteiger partial charge in [-0.2, -0.15) is 10.2 Å². The predicted molar refractivity (Wildman–Crippen MR) is 150 cm³/mol. The van der Waals surface area contributed by atoms with E-state index in [9.17, 15) is 14.4 Å². The van der Waals surface area contributed by atoms with Gasteiger partial charge in [-0.1, -0.05) is 38.8 Å². The summed E-state index contributed by atoms with van der Waals surface area (Å²) >= 11 is 7.63. The molecule has 0 unspecified atom stereocenters. The van der Waals surface area contributed by atoms with Crippen LogP contribution in [-0.2, 0) is 11.2 Å². The minimum absolute atomic E-state index is 0.0739. The molecule has 0 amide bonds. The van der Waals surface area contributed by atoms with E-state index < -0.39 is 12.1 Å². The van der Waals surface area contributed by atoms with E-state index in [0.717, 1.165) is 23.3 Å². The molecule has 206 valence electrons. The zero-order valence-electron chi connectivity index (χ0n) is 22.4. The molecular weight excluding hydrogens is 527 g/mol. The first-order chi connectivity index (χ1) is 18.2. The number of aryl methyl sites for hydroxylation is 1. The van der Waals surface area contributed by atoms with Crippen LogP contribution >= 0.6 is 22.9 Å². The van der Waals surface area contributed by atoms with Crippen molar-refractivity contribution in [1.82, 2.24) is 14.9 Å². The number of halogens is 2. The quantitative estimate of drug-likeness (QED) is 0.329. The average molecular weight is 563 g/mol. The highest BCUT2D eigenvalue weighted by atomic mass is 35.5. The summed E-state index contributed by atoms with van der Waals surface area (Å²) in [4.78, 5) is 25.4. The maximum absolute atomic E-state index is 13.8. The Labute approximate surface area is 232 Å². The number of nitrogens with two attached hydrogens (primary N) is 2. The van der Waals surface area contributed by atoms with E-state index in [4.69, 9.17) is 27.8 Å². The number of thiophene rings is 1. The molecule has 0 spiro atoms. The van der Waals surface area contributed by atoms with Crippen LogP contribution in [-0.4, -0.2) is 53.1 Å². The summed E-state index contributed by atoms with van der Waals surface area (Å²) in [6, 6.07) is 3.58. The van der Waals surface area contributed by atoms with Crippen LogP contribution in [0.25, 0.3) is 5.70 Å². The van der Waals surface area contributed by atoms with Crippen molar-refractivity contribution in [2.75, 3.05) is 25.9 Å². The Balaban J connectivity index is 0.00000195. The number of aromatic nitrogens is 2. The van der Waals surface area contributed by atoms with Gasteiger partial charge in [0.1, 0.15) is 29.0 Å². The molecule has 4 N–H and O–H groups in total. The SMILES string of the molecule is CC.CCC/C(C(=O)[C@H]1CCCc2sc(N)c(C#N)c21)=C(/N)c1nc(Cl)cc(OC[C@@H]2C[C@H](F)CN2C)n1. The zero-order chi connectivity index (χ0) is 28.0. The number of carbonyl (C=O) groups is 1. The van der Waals surface area contributed by atoms with Gasteiger partial charge in [0.05, 0.1) is 11.3 Å². The number of nitriles is 1. The predicted octanol–water partition coefficient (Wildman–Crippen LogP) is 5.25. The van der Waals surface area contributed by atoms with E-state index in [1.54, 1.807) is 0 Å². The smallest absolute Gasteiger partial charge is 0.218 e. The molecule has 11 heteroatoms. The van der Waals surface area contributed by atoms with E-state index in [1.165, 1.54) is 17.4 Å². The summed E-state index contributed by atoms with van der Waals surface area (Å²) in [6.45, 7) is 6.57. The lowest BCUT2D eigenvalue weighted by atomic mass is 9.79. The summed E-state index contributed by atoms with van der Waals surface area (Å²) < 4.78 is 19.5. The third-order valence-corrected chi connectivity index (χ3v) is 8.11. The standard InChI is InChI=1S/C25H30ClFN6O2S.C2H6/c1-3-5-16(23(34)15-6-4-7-18-21(15)17(10-28)24(30)36-18)22(29)25-31-19(26)9-20(32-25)35-12-14-8-13(27)11-33(14)2;1-2/h9,13-15H,3-8,11-12,29-30H2,1-2H3;1-2H3/b22-16-;/t13-,14-,15-;/m0./s1. The number of likely N-dealkylation sites (tertiary alicyclic amines) is 1.